The summed E-state index contributed by atoms with van der Waals surface area (Å²) in [5, 5.41) is 0. The molecule has 1 aliphatic carbocycles. The Morgan fingerprint density at radius 2 is 2.07 bits per heavy atom. The Hall–Kier alpha value is -1.12. The number of nitrogens with zero attached hydrogens (tertiary/aromatic N) is 1. The second kappa shape index (κ2) is 3.95. The van der Waals surface area contributed by atoms with Crippen LogP contribution in [0.1, 0.15) is 60.0 Å². The number of carbonyl (C=O) groups is 1. The van der Waals surface area contributed by atoms with Crippen LogP contribution in [0.3, 0.4) is 0 Å². The van der Waals surface area contributed by atoms with Crippen LogP contribution >= 0.6 is 0 Å². The predicted octanol–water partition coefficient (Wildman–Crippen LogP) is 2.58. The van der Waals surface area contributed by atoms with Crippen LogP contribution in [-0.4, -0.2) is 16.3 Å². The molecule has 1 heterocycles. The van der Waals surface area contributed by atoms with E-state index in [1.807, 2.05) is 6.92 Å². The first-order valence-electron chi connectivity index (χ1n) is 5.33. The summed E-state index contributed by atoms with van der Waals surface area (Å²) in [5.74, 6) is 1.57. The summed E-state index contributed by atoms with van der Waals surface area (Å²) >= 11 is 0. The summed E-state index contributed by atoms with van der Waals surface area (Å²) in [5.41, 5.74) is 1.48. The van der Waals surface area contributed by atoms with Gasteiger partial charge in [0.2, 0.25) is 0 Å². The van der Waals surface area contributed by atoms with E-state index < -0.39 is 0 Å². The molecule has 0 atom stereocenters. The summed E-state index contributed by atoms with van der Waals surface area (Å²) < 4.78 is 0. The first kappa shape index (κ1) is 9.44. The number of nitrogens with one attached hydrogen (secondary N) is 1. The van der Waals surface area contributed by atoms with Gasteiger partial charge in [0.1, 0.15) is 11.5 Å². The highest BCUT2D eigenvalue weighted by atomic mass is 16.1. The molecule has 1 fully saturated rings. The molecular formula is C11H16N2O. The summed E-state index contributed by atoms with van der Waals surface area (Å²) in [6.07, 6.45) is 7.19. The Bertz CT molecular complexity index is 324. The molecule has 0 bridgehead atoms. The van der Waals surface area contributed by atoms with E-state index in [1.165, 1.54) is 32.1 Å². The lowest BCUT2D eigenvalue weighted by Crippen LogP contribution is -2.06. The van der Waals surface area contributed by atoms with Gasteiger partial charge in [-0.1, -0.05) is 19.3 Å². The number of carbonyl (C=O) groups excluding carboxylic acids is 1. The van der Waals surface area contributed by atoms with Gasteiger partial charge in [-0.2, -0.15) is 0 Å². The van der Waals surface area contributed by atoms with Crippen molar-refractivity contribution < 1.29 is 4.79 Å². The van der Waals surface area contributed by atoms with Crippen molar-refractivity contribution in [2.24, 2.45) is 0 Å². The molecule has 1 aliphatic rings. The van der Waals surface area contributed by atoms with E-state index in [1.54, 1.807) is 0 Å². The second-order valence-corrected chi connectivity index (χ2v) is 4.09. The van der Waals surface area contributed by atoms with Gasteiger partial charge in [-0.25, -0.2) is 4.98 Å². The van der Waals surface area contributed by atoms with Crippen molar-refractivity contribution in [3.8, 4) is 0 Å². The number of hydrogen-bond acceptors (Lipinski definition) is 2. The van der Waals surface area contributed by atoms with E-state index in [-0.39, 0.29) is 0 Å². The second-order valence-electron chi connectivity index (χ2n) is 4.09. The highest BCUT2D eigenvalue weighted by Gasteiger charge is 2.19. The summed E-state index contributed by atoms with van der Waals surface area (Å²) in [6.45, 7) is 1.91. The molecule has 1 N–H and O–H groups in total. The molecule has 1 aromatic heterocycles. The molecule has 0 aliphatic heterocycles. The van der Waals surface area contributed by atoms with E-state index in [2.05, 4.69) is 9.97 Å². The van der Waals surface area contributed by atoms with Gasteiger partial charge in [-0.05, 0) is 19.8 Å². The molecule has 1 aromatic rings. The number of rotatable bonds is 2. The molecule has 14 heavy (non-hydrogen) atoms. The highest BCUT2D eigenvalue weighted by Crippen LogP contribution is 2.31. The van der Waals surface area contributed by atoms with Gasteiger partial charge in [-0.15, -0.1) is 0 Å². The number of hydrogen-bond donors (Lipinski definition) is 1. The predicted molar refractivity (Wildman–Crippen MR) is 54.5 cm³/mol. The lowest BCUT2D eigenvalue weighted by molar-refractivity contribution is 0.111. The van der Waals surface area contributed by atoms with Gasteiger partial charge in [0.15, 0.2) is 6.29 Å². The first-order valence-corrected chi connectivity index (χ1v) is 5.33. The Labute approximate surface area is 83.9 Å². The highest BCUT2D eigenvalue weighted by molar-refractivity contribution is 5.73. The van der Waals surface area contributed by atoms with Crippen LogP contribution in [0, 0.1) is 6.92 Å². The molecule has 0 aromatic carbocycles. The van der Waals surface area contributed by atoms with Crippen molar-refractivity contribution in [2.75, 3.05) is 0 Å². The van der Waals surface area contributed by atoms with Crippen molar-refractivity contribution in [3.63, 3.8) is 0 Å². The van der Waals surface area contributed by atoms with Crippen LogP contribution in [0.2, 0.25) is 0 Å². The van der Waals surface area contributed by atoms with Crippen molar-refractivity contribution in [3.05, 3.63) is 17.2 Å². The van der Waals surface area contributed by atoms with Gasteiger partial charge >= 0.3 is 0 Å². The fourth-order valence-corrected chi connectivity index (χ4v) is 2.18. The molecule has 0 spiro atoms. The van der Waals surface area contributed by atoms with Gasteiger partial charge in [0.25, 0.3) is 0 Å². The molecule has 0 saturated heterocycles. The standard InChI is InChI=1S/C11H16N2O/c1-8-10(7-14)13-11(12-8)9-5-3-2-4-6-9/h7,9H,2-6H2,1H3,(H,12,13). The number of H-pyrrole nitrogens is 1. The Morgan fingerprint density at radius 1 is 1.36 bits per heavy atom. The number of aryl methyl sites for hydroxylation is 1. The van der Waals surface area contributed by atoms with Crippen molar-refractivity contribution >= 4 is 6.29 Å². The lowest BCUT2D eigenvalue weighted by atomic mass is 9.89. The zero-order valence-electron chi connectivity index (χ0n) is 8.55. The molecule has 0 radical (unpaired) electrons. The lowest BCUT2D eigenvalue weighted by Gasteiger charge is -2.19. The Kier molecular flexibility index (Phi) is 2.66. The van der Waals surface area contributed by atoms with Gasteiger partial charge in [0.05, 0.1) is 0 Å². The quantitative estimate of drug-likeness (QED) is 0.732. The number of aromatic amines is 1. The van der Waals surface area contributed by atoms with Gasteiger partial charge in [-0.3, -0.25) is 4.79 Å². The Balaban J connectivity index is 2.18. The van der Waals surface area contributed by atoms with Crippen molar-refractivity contribution in [1.82, 2.24) is 9.97 Å². The minimum absolute atomic E-state index is 0.552. The minimum atomic E-state index is 0.552. The molecule has 3 heteroatoms. The van der Waals surface area contributed by atoms with Crippen LogP contribution in [0.4, 0.5) is 0 Å². The average molecular weight is 192 g/mol. The normalized spacial score (nSPS) is 18.4. The molecule has 3 nitrogen and oxygen atoms in total. The SMILES string of the molecule is Cc1[nH]c(C2CCCCC2)nc1C=O. The van der Waals surface area contributed by atoms with E-state index in [0.717, 1.165) is 17.8 Å². The van der Waals surface area contributed by atoms with E-state index in [9.17, 15) is 4.79 Å². The van der Waals surface area contributed by atoms with E-state index in [0.29, 0.717) is 11.6 Å². The van der Waals surface area contributed by atoms with Crippen LogP contribution in [0.15, 0.2) is 0 Å². The summed E-state index contributed by atoms with van der Waals surface area (Å²) in [7, 11) is 0. The zero-order chi connectivity index (χ0) is 9.97. The van der Waals surface area contributed by atoms with E-state index in [4.69, 9.17) is 0 Å². The fraction of sp³-hybridized carbons (Fsp3) is 0.636. The van der Waals surface area contributed by atoms with Gasteiger partial charge < -0.3 is 4.98 Å². The number of aromatic nitrogens is 2. The average Bonchev–Trinajstić information content (AvgIpc) is 2.61. The van der Waals surface area contributed by atoms with Crippen molar-refractivity contribution in [1.29, 1.82) is 0 Å². The van der Waals surface area contributed by atoms with Crippen LogP contribution in [0.25, 0.3) is 0 Å². The fourth-order valence-electron chi connectivity index (χ4n) is 2.18. The first-order chi connectivity index (χ1) is 6.81. The summed E-state index contributed by atoms with van der Waals surface area (Å²) in [4.78, 5) is 18.2. The smallest absolute Gasteiger partial charge is 0.170 e. The zero-order valence-corrected chi connectivity index (χ0v) is 8.55. The molecular weight excluding hydrogens is 176 g/mol. The largest absolute Gasteiger partial charge is 0.345 e. The molecule has 76 valence electrons. The minimum Gasteiger partial charge on any atom is -0.345 e. The Morgan fingerprint density at radius 3 is 2.64 bits per heavy atom. The van der Waals surface area contributed by atoms with Crippen molar-refractivity contribution in [2.45, 2.75) is 44.9 Å². The van der Waals surface area contributed by atoms with Crippen LogP contribution in [0.5, 0.6) is 0 Å². The van der Waals surface area contributed by atoms with E-state index >= 15 is 0 Å². The number of imidazole rings is 1. The monoisotopic (exact) mass is 192 g/mol. The third kappa shape index (κ3) is 1.72. The molecule has 2 rings (SSSR count). The third-order valence-corrected chi connectivity index (χ3v) is 3.04. The van der Waals surface area contributed by atoms with Gasteiger partial charge in [0, 0.05) is 11.6 Å². The maximum absolute atomic E-state index is 10.6. The summed E-state index contributed by atoms with van der Waals surface area (Å²) in [6, 6.07) is 0. The maximum Gasteiger partial charge on any atom is 0.170 e. The molecule has 1 saturated carbocycles. The third-order valence-electron chi connectivity index (χ3n) is 3.04. The topological polar surface area (TPSA) is 45.8 Å². The molecule has 0 amide bonds. The molecule has 0 unspecified atom stereocenters. The maximum atomic E-state index is 10.6. The number of aldehydes is 1. The van der Waals surface area contributed by atoms with Crippen LogP contribution in [-0.2, 0) is 0 Å². The van der Waals surface area contributed by atoms with Crippen LogP contribution < -0.4 is 0 Å².